The molecule has 1 aromatic heterocycles. The van der Waals surface area contributed by atoms with Gasteiger partial charge in [0.1, 0.15) is 0 Å². The number of hydrogen-bond acceptors (Lipinski definition) is 7. The molecule has 2 amide bonds. The third kappa shape index (κ3) is 5.33. The van der Waals surface area contributed by atoms with Crippen LogP contribution >= 0.6 is 23.5 Å². The van der Waals surface area contributed by atoms with Crippen molar-refractivity contribution in [2.75, 3.05) is 22.6 Å². The molecule has 0 aliphatic rings. The Labute approximate surface area is 170 Å². The molecule has 0 spiro atoms. The van der Waals surface area contributed by atoms with Crippen molar-refractivity contribution in [3.63, 3.8) is 0 Å². The lowest BCUT2D eigenvalue weighted by Crippen LogP contribution is -2.14. The average molecular weight is 415 g/mol. The van der Waals surface area contributed by atoms with E-state index in [0.717, 1.165) is 10.6 Å². The summed E-state index contributed by atoms with van der Waals surface area (Å²) in [4.78, 5) is 24.6. The van der Waals surface area contributed by atoms with Gasteiger partial charge in [-0.25, -0.2) is 0 Å². The van der Waals surface area contributed by atoms with Gasteiger partial charge in [-0.15, -0.1) is 16.9 Å². The van der Waals surface area contributed by atoms with Crippen molar-refractivity contribution in [2.45, 2.75) is 17.0 Å². The molecule has 0 aliphatic heterocycles. The summed E-state index contributed by atoms with van der Waals surface area (Å²) in [6, 6.07) is 14.8. The van der Waals surface area contributed by atoms with Crippen LogP contribution in [0.4, 0.5) is 11.4 Å². The van der Waals surface area contributed by atoms with Crippen molar-refractivity contribution >= 4 is 46.7 Å². The number of nitrogens with one attached hydrogen (secondary N) is 2. The molecule has 2 aromatic carbocycles. The average Bonchev–Trinajstić information content (AvgIpc) is 3.15. The van der Waals surface area contributed by atoms with Gasteiger partial charge in [0.15, 0.2) is 0 Å². The minimum absolute atomic E-state index is 0.148. The highest BCUT2D eigenvalue weighted by atomic mass is 32.2. The normalized spacial score (nSPS) is 10.5. The molecule has 0 saturated carbocycles. The predicted molar refractivity (Wildman–Crippen MR) is 111 cm³/mol. The number of amides is 2. The molecule has 3 aromatic rings. The van der Waals surface area contributed by atoms with E-state index in [9.17, 15) is 9.59 Å². The molecular formula is C18H18N6O2S2. The minimum atomic E-state index is -0.161. The second-order valence-electron chi connectivity index (χ2n) is 5.67. The molecule has 144 valence electrons. The summed E-state index contributed by atoms with van der Waals surface area (Å²) in [7, 11) is 0. The summed E-state index contributed by atoms with van der Waals surface area (Å²) in [5.41, 5.74) is 2.08. The number of carbonyl (C=O) groups is 2. The Bertz CT molecular complexity index is 991. The molecule has 0 fully saturated rings. The van der Waals surface area contributed by atoms with Gasteiger partial charge >= 0.3 is 0 Å². The molecule has 0 radical (unpaired) electrons. The van der Waals surface area contributed by atoms with Crippen LogP contribution in [0.2, 0.25) is 0 Å². The molecule has 28 heavy (non-hydrogen) atoms. The van der Waals surface area contributed by atoms with E-state index < -0.39 is 0 Å². The Morgan fingerprint density at radius 1 is 1.07 bits per heavy atom. The van der Waals surface area contributed by atoms with Crippen LogP contribution in [-0.4, -0.2) is 44.0 Å². The highest BCUT2D eigenvalue weighted by Crippen LogP contribution is 2.22. The fraction of sp³-hybridized carbons (Fsp3) is 0.167. The van der Waals surface area contributed by atoms with Gasteiger partial charge in [-0.2, -0.15) is 4.68 Å². The van der Waals surface area contributed by atoms with Gasteiger partial charge in [0.05, 0.1) is 11.4 Å². The lowest BCUT2D eigenvalue weighted by molar-refractivity contribution is -0.114. The van der Waals surface area contributed by atoms with Crippen LogP contribution in [0, 0.1) is 0 Å². The van der Waals surface area contributed by atoms with E-state index in [4.69, 9.17) is 0 Å². The van der Waals surface area contributed by atoms with Crippen LogP contribution < -0.4 is 10.6 Å². The van der Waals surface area contributed by atoms with Crippen LogP contribution in [-0.2, 0) is 9.59 Å². The number of nitrogens with zero attached hydrogens (tertiary/aromatic N) is 4. The second kappa shape index (κ2) is 9.38. The summed E-state index contributed by atoms with van der Waals surface area (Å²) in [5, 5.41) is 17.7. The van der Waals surface area contributed by atoms with Crippen molar-refractivity contribution in [2.24, 2.45) is 0 Å². The van der Waals surface area contributed by atoms with E-state index in [1.807, 2.05) is 36.6 Å². The highest BCUT2D eigenvalue weighted by molar-refractivity contribution is 7.99. The van der Waals surface area contributed by atoms with Crippen molar-refractivity contribution in [3.8, 4) is 5.69 Å². The zero-order chi connectivity index (χ0) is 19.9. The minimum Gasteiger partial charge on any atom is -0.326 e. The molecule has 0 atom stereocenters. The summed E-state index contributed by atoms with van der Waals surface area (Å²) >= 11 is 2.84. The number of carbonyl (C=O) groups excluding carboxylic acids is 2. The zero-order valence-corrected chi connectivity index (χ0v) is 16.9. The Morgan fingerprint density at radius 2 is 1.82 bits per heavy atom. The fourth-order valence-corrected chi connectivity index (χ4v) is 3.53. The smallest absolute Gasteiger partial charge is 0.234 e. The first-order valence-electron chi connectivity index (χ1n) is 8.28. The van der Waals surface area contributed by atoms with E-state index >= 15 is 0 Å². The summed E-state index contributed by atoms with van der Waals surface area (Å²) < 4.78 is 1.53. The van der Waals surface area contributed by atoms with Gasteiger partial charge in [-0.3, -0.25) is 9.59 Å². The first kappa shape index (κ1) is 19.9. The Balaban J connectivity index is 1.66. The lowest BCUT2D eigenvalue weighted by Gasteiger charge is -2.08. The molecule has 2 N–H and O–H groups in total. The Kier molecular flexibility index (Phi) is 6.66. The number of aromatic nitrogens is 4. The number of anilines is 2. The van der Waals surface area contributed by atoms with Gasteiger partial charge < -0.3 is 10.6 Å². The van der Waals surface area contributed by atoms with Gasteiger partial charge in [-0.1, -0.05) is 23.9 Å². The standard InChI is InChI=1S/C18H18N6O2S2/c1-12(25)19-13-5-3-7-15(9-13)24-18(21-22-23-24)28-11-17(26)20-14-6-4-8-16(10-14)27-2/h3-10H,11H2,1-2H3,(H,19,25)(H,20,26). The topological polar surface area (TPSA) is 102 Å². The van der Waals surface area contributed by atoms with E-state index in [1.165, 1.54) is 23.4 Å². The number of hydrogen-bond donors (Lipinski definition) is 2. The second-order valence-corrected chi connectivity index (χ2v) is 7.50. The van der Waals surface area contributed by atoms with E-state index in [0.29, 0.717) is 16.5 Å². The van der Waals surface area contributed by atoms with Crippen LogP contribution in [0.25, 0.3) is 5.69 Å². The van der Waals surface area contributed by atoms with Gasteiger partial charge in [0, 0.05) is 23.2 Å². The predicted octanol–water partition coefficient (Wildman–Crippen LogP) is 3.07. The third-order valence-corrected chi connectivity index (χ3v) is 5.18. The van der Waals surface area contributed by atoms with E-state index in [2.05, 4.69) is 26.2 Å². The monoisotopic (exact) mass is 414 g/mol. The van der Waals surface area contributed by atoms with Gasteiger partial charge in [0.25, 0.3) is 0 Å². The number of rotatable bonds is 7. The summed E-state index contributed by atoms with van der Waals surface area (Å²) in [6.07, 6.45) is 1.98. The Morgan fingerprint density at radius 3 is 2.57 bits per heavy atom. The number of benzene rings is 2. The first-order chi connectivity index (χ1) is 13.5. The van der Waals surface area contributed by atoms with Gasteiger partial charge in [0.2, 0.25) is 17.0 Å². The molecule has 0 saturated heterocycles. The Hall–Kier alpha value is -2.85. The van der Waals surface area contributed by atoms with Crippen LogP contribution in [0.15, 0.2) is 58.6 Å². The van der Waals surface area contributed by atoms with Crippen molar-refractivity contribution in [3.05, 3.63) is 48.5 Å². The molecule has 0 aliphatic carbocycles. The van der Waals surface area contributed by atoms with Crippen LogP contribution in [0.3, 0.4) is 0 Å². The third-order valence-electron chi connectivity index (χ3n) is 3.54. The van der Waals surface area contributed by atoms with E-state index in [-0.39, 0.29) is 17.6 Å². The SMILES string of the molecule is CSc1cccc(NC(=O)CSc2nnnn2-c2cccc(NC(C)=O)c2)c1. The highest BCUT2D eigenvalue weighted by Gasteiger charge is 2.12. The molecule has 8 nitrogen and oxygen atoms in total. The maximum Gasteiger partial charge on any atom is 0.234 e. The molecular weight excluding hydrogens is 396 g/mol. The fourth-order valence-electron chi connectivity index (χ4n) is 2.38. The maximum atomic E-state index is 12.3. The molecule has 3 rings (SSSR count). The van der Waals surface area contributed by atoms with E-state index in [1.54, 1.807) is 30.0 Å². The maximum absolute atomic E-state index is 12.3. The number of tetrazole rings is 1. The molecule has 0 bridgehead atoms. The van der Waals surface area contributed by atoms with Crippen LogP contribution in [0.5, 0.6) is 0 Å². The van der Waals surface area contributed by atoms with Crippen molar-refractivity contribution in [1.29, 1.82) is 0 Å². The lowest BCUT2D eigenvalue weighted by atomic mass is 10.3. The first-order valence-corrected chi connectivity index (χ1v) is 10.5. The zero-order valence-electron chi connectivity index (χ0n) is 15.2. The quantitative estimate of drug-likeness (QED) is 0.573. The van der Waals surface area contributed by atoms with Crippen molar-refractivity contribution in [1.82, 2.24) is 20.2 Å². The molecule has 0 unspecified atom stereocenters. The number of thioether (sulfide) groups is 2. The van der Waals surface area contributed by atoms with Crippen molar-refractivity contribution < 1.29 is 9.59 Å². The summed E-state index contributed by atoms with van der Waals surface area (Å²) in [5.74, 6) is -0.148. The largest absolute Gasteiger partial charge is 0.326 e. The molecule has 10 heteroatoms. The van der Waals surface area contributed by atoms with Gasteiger partial charge in [-0.05, 0) is 53.1 Å². The molecule has 1 heterocycles. The summed E-state index contributed by atoms with van der Waals surface area (Å²) in [6.45, 7) is 1.44. The van der Waals surface area contributed by atoms with Crippen LogP contribution in [0.1, 0.15) is 6.92 Å².